The molecule has 3 aliphatic rings. The molecule has 0 spiro atoms. The first-order chi connectivity index (χ1) is 15.6. The van der Waals surface area contributed by atoms with Crippen LogP contribution in [0.3, 0.4) is 0 Å². The van der Waals surface area contributed by atoms with E-state index in [1.165, 1.54) is 11.1 Å². The van der Waals surface area contributed by atoms with Gasteiger partial charge in [-0.1, -0.05) is 53.6 Å². The Labute approximate surface area is 192 Å². The predicted octanol–water partition coefficient (Wildman–Crippen LogP) is 3.14. The van der Waals surface area contributed by atoms with E-state index in [1.807, 2.05) is 12.1 Å². The van der Waals surface area contributed by atoms with Crippen molar-refractivity contribution in [2.45, 2.75) is 44.8 Å². The Morgan fingerprint density at radius 1 is 1.25 bits per heavy atom. The molecule has 2 N–H and O–H groups in total. The van der Waals surface area contributed by atoms with E-state index in [1.54, 1.807) is 0 Å². The van der Waals surface area contributed by atoms with Gasteiger partial charge in [0.05, 0.1) is 38.6 Å². The van der Waals surface area contributed by atoms with Gasteiger partial charge in [-0.2, -0.15) is 0 Å². The van der Waals surface area contributed by atoms with Crippen molar-refractivity contribution in [2.75, 3.05) is 46.1 Å². The highest BCUT2D eigenvalue weighted by molar-refractivity contribution is 5.24. The average molecular weight is 442 g/mol. The van der Waals surface area contributed by atoms with Crippen molar-refractivity contribution in [1.82, 2.24) is 4.90 Å². The van der Waals surface area contributed by atoms with Gasteiger partial charge in [-0.15, -0.1) is 0 Å². The molecule has 5 atom stereocenters. The fourth-order valence-corrected chi connectivity index (χ4v) is 5.52. The minimum atomic E-state index is -0.517. The molecule has 0 radical (unpaired) electrons. The van der Waals surface area contributed by atoms with Crippen LogP contribution in [0.1, 0.15) is 30.4 Å². The standard InChI is InChI=1S/C27H39NO4/c1-20-3-2-4-21(15-20)17-24(29)5-6-25-26-18-22(16-23(26)19-27(25)30)7-11-31-12-8-28-9-13-32-14-10-28/h2-6,15-16,23-27,29-30H,7-14,17-19H2,1H3/b6-5+/t23-,24-,25+,26-,27+/m0/s1. The highest BCUT2D eigenvalue weighted by Crippen LogP contribution is 2.47. The second kappa shape index (κ2) is 11.6. The van der Waals surface area contributed by atoms with Gasteiger partial charge in [0, 0.05) is 32.0 Å². The van der Waals surface area contributed by atoms with E-state index in [2.05, 4.69) is 42.2 Å². The van der Waals surface area contributed by atoms with Crippen molar-refractivity contribution in [1.29, 1.82) is 0 Å². The first-order valence-corrected chi connectivity index (χ1v) is 12.3. The third kappa shape index (κ3) is 6.52. The zero-order valence-electron chi connectivity index (χ0n) is 19.4. The fourth-order valence-electron chi connectivity index (χ4n) is 5.52. The van der Waals surface area contributed by atoms with Crippen LogP contribution >= 0.6 is 0 Å². The summed E-state index contributed by atoms with van der Waals surface area (Å²) in [4.78, 5) is 2.40. The van der Waals surface area contributed by atoms with Gasteiger partial charge in [0.1, 0.15) is 0 Å². The summed E-state index contributed by atoms with van der Waals surface area (Å²) < 4.78 is 11.3. The molecule has 5 nitrogen and oxygen atoms in total. The Morgan fingerprint density at radius 2 is 2.09 bits per heavy atom. The quantitative estimate of drug-likeness (QED) is 0.432. The molecule has 176 valence electrons. The van der Waals surface area contributed by atoms with Gasteiger partial charge in [0.15, 0.2) is 0 Å². The second-order valence-electron chi connectivity index (χ2n) is 9.70. The minimum absolute atomic E-state index is 0.128. The van der Waals surface area contributed by atoms with Gasteiger partial charge in [0.2, 0.25) is 0 Å². The van der Waals surface area contributed by atoms with Crippen molar-refractivity contribution >= 4 is 0 Å². The highest BCUT2D eigenvalue weighted by atomic mass is 16.5. The number of aliphatic hydroxyl groups excluding tert-OH is 2. The van der Waals surface area contributed by atoms with Crippen LogP contribution < -0.4 is 0 Å². The molecular weight excluding hydrogens is 402 g/mol. The Morgan fingerprint density at radius 3 is 2.91 bits per heavy atom. The molecule has 2 aliphatic carbocycles. The number of nitrogens with zero attached hydrogens (tertiary/aromatic N) is 1. The lowest BCUT2D eigenvalue weighted by Crippen LogP contribution is -2.38. The summed E-state index contributed by atoms with van der Waals surface area (Å²) >= 11 is 0. The van der Waals surface area contributed by atoms with Gasteiger partial charge >= 0.3 is 0 Å². The van der Waals surface area contributed by atoms with E-state index in [9.17, 15) is 10.2 Å². The lowest BCUT2D eigenvalue weighted by atomic mass is 9.88. The fraction of sp³-hybridized carbons (Fsp3) is 0.630. The lowest BCUT2D eigenvalue weighted by molar-refractivity contribution is 0.0207. The number of allylic oxidation sites excluding steroid dienone is 1. The van der Waals surface area contributed by atoms with Crippen molar-refractivity contribution < 1.29 is 19.7 Å². The van der Waals surface area contributed by atoms with Crippen LogP contribution in [0.2, 0.25) is 0 Å². The summed E-state index contributed by atoms with van der Waals surface area (Å²) in [6, 6.07) is 8.28. The molecule has 2 fully saturated rings. The first-order valence-electron chi connectivity index (χ1n) is 12.3. The Balaban J connectivity index is 1.19. The van der Waals surface area contributed by atoms with E-state index < -0.39 is 6.10 Å². The maximum Gasteiger partial charge on any atom is 0.0761 e. The van der Waals surface area contributed by atoms with Gasteiger partial charge in [0.25, 0.3) is 0 Å². The van der Waals surface area contributed by atoms with Gasteiger partial charge < -0.3 is 19.7 Å². The Bertz CT molecular complexity index is 786. The topological polar surface area (TPSA) is 62.2 Å². The van der Waals surface area contributed by atoms with Crippen LogP contribution in [0.25, 0.3) is 0 Å². The molecule has 1 saturated carbocycles. The maximum atomic E-state index is 10.6. The van der Waals surface area contributed by atoms with Crippen LogP contribution in [-0.2, 0) is 15.9 Å². The summed E-state index contributed by atoms with van der Waals surface area (Å²) in [6.45, 7) is 8.29. The number of ether oxygens (including phenoxy) is 2. The zero-order valence-corrected chi connectivity index (χ0v) is 19.4. The second-order valence-corrected chi connectivity index (χ2v) is 9.70. The molecule has 0 unspecified atom stereocenters. The minimum Gasteiger partial charge on any atom is -0.392 e. The normalized spacial score (nSPS) is 29.4. The van der Waals surface area contributed by atoms with E-state index in [0.29, 0.717) is 18.3 Å². The summed E-state index contributed by atoms with van der Waals surface area (Å²) in [5.74, 6) is 1.04. The Hall–Kier alpha value is -1.50. The number of hydrogen-bond donors (Lipinski definition) is 2. The van der Waals surface area contributed by atoms with Crippen molar-refractivity contribution in [3.63, 3.8) is 0 Å². The molecule has 1 heterocycles. The van der Waals surface area contributed by atoms with Crippen LogP contribution in [0.4, 0.5) is 0 Å². The average Bonchev–Trinajstić information content (AvgIpc) is 3.29. The number of benzene rings is 1. The lowest BCUT2D eigenvalue weighted by Gasteiger charge is -2.26. The van der Waals surface area contributed by atoms with Crippen molar-refractivity contribution in [3.05, 3.63) is 59.2 Å². The predicted molar refractivity (Wildman–Crippen MR) is 127 cm³/mol. The summed E-state index contributed by atoms with van der Waals surface area (Å²) in [5.41, 5.74) is 3.82. The molecule has 0 bridgehead atoms. The van der Waals surface area contributed by atoms with E-state index in [-0.39, 0.29) is 12.0 Å². The maximum absolute atomic E-state index is 10.6. The third-order valence-electron chi connectivity index (χ3n) is 7.26. The number of hydrogen-bond acceptors (Lipinski definition) is 5. The van der Waals surface area contributed by atoms with E-state index in [4.69, 9.17) is 9.47 Å². The monoisotopic (exact) mass is 441 g/mol. The highest BCUT2D eigenvalue weighted by Gasteiger charge is 2.43. The molecule has 0 aromatic heterocycles. The Kier molecular flexibility index (Phi) is 8.55. The van der Waals surface area contributed by atoms with Crippen LogP contribution in [0.5, 0.6) is 0 Å². The van der Waals surface area contributed by atoms with Crippen molar-refractivity contribution in [3.8, 4) is 0 Å². The molecule has 1 saturated heterocycles. The molecule has 4 rings (SSSR count). The van der Waals surface area contributed by atoms with Crippen LogP contribution in [0, 0.1) is 24.7 Å². The molecule has 1 aliphatic heterocycles. The number of morpholine rings is 1. The molecule has 0 amide bonds. The van der Waals surface area contributed by atoms with Crippen molar-refractivity contribution in [2.24, 2.45) is 17.8 Å². The largest absolute Gasteiger partial charge is 0.392 e. The molecule has 1 aromatic carbocycles. The van der Waals surface area contributed by atoms with Gasteiger partial charge in [-0.3, -0.25) is 4.90 Å². The van der Waals surface area contributed by atoms with Crippen LogP contribution in [0.15, 0.2) is 48.1 Å². The molecule has 1 aromatic rings. The summed E-state index contributed by atoms with van der Waals surface area (Å²) in [6.07, 6.45) is 8.99. The summed E-state index contributed by atoms with van der Waals surface area (Å²) in [7, 11) is 0. The van der Waals surface area contributed by atoms with Gasteiger partial charge in [-0.25, -0.2) is 0 Å². The smallest absolute Gasteiger partial charge is 0.0761 e. The van der Waals surface area contributed by atoms with Gasteiger partial charge in [-0.05, 0) is 43.6 Å². The number of fused-ring (bicyclic) bond motifs is 1. The van der Waals surface area contributed by atoms with Crippen LogP contribution in [-0.4, -0.2) is 73.4 Å². The van der Waals surface area contributed by atoms with E-state index in [0.717, 1.165) is 70.9 Å². The molecule has 5 heteroatoms. The van der Waals surface area contributed by atoms with E-state index >= 15 is 0 Å². The first kappa shape index (κ1) is 23.7. The summed E-state index contributed by atoms with van der Waals surface area (Å²) in [5, 5.41) is 21.1. The third-order valence-corrected chi connectivity index (χ3v) is 7.26. The molecular formula is C27H39NO4. The SMILES string of the molecule is Cc1cccc(C[C@@H](O)/C=C/[C@@H]2[C@H]3CC(CCOCCN4CCOCC4)=C[C@H]3C[C@H]2O)c1. The molecule has 32 heavy (non-hydrogen) atoms. The zero-order chi connectivity index (χ0) is 22.3. The number of aryl methyl sites for hydroxylation is 1. The number of rotatable bonds is 10. The number of aliphatic hydroxyl groups is 2.